The molecule has 9 nitrogen and oxygen atoms in total. The lowest BCUT2D eigenvalue weighted by atomic mass is 10.1. The Labute approximate surface area is 167 Å². The van der Waals surface area contributed by atoms with Crippen molar-refractivity contribution in [2.75, 3.05) is 26.2 Å². The van der Waals surface area contributed by atoms with Crippen LogP contribution in [0.25, 0.3) is 11.0 Å². The maximum atomic E-state index is 12.9. The fraction of sp³-hybridized carbons (Fsp3) is 0.316. The minimum atomic E-state index is -3.73. The minimum Gasteiger partial charge on any atom is -0.422 e. The topological polar surface area (TPSA) is 106 Å². The van der Waals surface area contributed by atoms with Gasteiger partial charge in [-0.25, -0.2) is 18.2 Å². The van der Waals surface area contributed by atoms with Crippen LogP contribution in [-0.4, -0.2) is 59.3 Å². The number of imidazole rings is 1. The Kier molecular flexibility index (Phi) is 4.97. The van der Waals surface area contributed by atoms with Crippen molar-refractivity contribution in [3.63, 3.8) is 0 Å². The summed E-state index contributed by atoms with van der Waals surface area (Å²) in [5, 5.41) is 0.638. The summed E-state index contributed by atoms with van der Waals surface area (Å²) in [6.07, 6.45) is 3.33. The maximum Gasteiger partial charge on any atom is 0.349 e. The molecule has 29 heavy (non-hydrogen) atoms. The fourth-order valence-corrected chi connectivity index (χ4v) is 4.81. The molecule has 3 heterocycles. The summed E-state index contributed by atoms with van der Waals surface area (Å²) in [5.74, 6) is -0.457. The van der Waals surface area contributed by atoms with Gasteiger partial charge in [0.15, 0.2) is 5.03 Å². The predicted octanol–water partition coefficient (Wildman–Crippen LogP) is 1.06. The van der Waals surface area contributed by atoms with E-state index in [1.165, 1.54) is 27.8 Å². The Morgan fingerprint density at radius 3 is 2.69 bits per heavy atom. The van der Waals surface area contributed by atoms with Gasteiger partial charge >= 0.3 is 5.63 Å². The summed E-state index contributed by atoms with van der Waals surface area (Å²) in [7, 11) is -2.03. The average molecular weight is 416 g/mol. The molecule has 0 N–H and O–H groups in total. The summed E-state index contributed by atoms with van der Waals surface area (Å²) in [6, 6.07) is 8.49. The molecule has 2 aromatic heterocycles. The maximum absolute atomic E-state index is 12.9. The van der Waals surface area contributed by atoms with E-state index in [9.17, 15) is 18.0 Å². The Hall–Kier alpha value is -2.98. The number of fused-ring (bicyclic) bond motifs is 1. The zero-order chi connectivity index (χ0) is 20.6. The second-order valence-electron chi connectivity index (χ2n) is 6.91. The molecule has 4 rings (SSSR count). The van der Waals surface area contributed by atoms with Crippen molar-refractivity contribution < 1.29 is 17.6 Å². The van der Waals surface area contributed by atoms with Crippen molar-refractivity contribution in [1.82, 2.24) is 18.8 Å². The average Bonchev–Trinajstić information content (AvgIpc) is 2.99. The molecule has 1 fully saturated rings. The number of hydrogen-bond donors (Lipinski definition) is 0. The standard InChI is InChI=1S/C19H20N4O5S/c1-21-12-17(20-13-21)29(26,27)23-8-4-7-22(9-10-23)18(24)15-11-14-5-2-3-6-16(14)28-19(15)25/h2-3,5-6,11-13H,4,7-10H2,1H3. The highest BCUT2D eigenvalue weighted by molar-refractivity contribution is 7.89. The molecule has 0 aliphatic carbocycles. The van der Waals surface area contributed by atoms with Gasteiger partial charge < -0.3 is 13.9 Å². The monoisotopic (exact) mass is 416 g/mol. The summed E-state index contributed by atoms with van der Waals surface area (Å²) in [4.78, 5) is 30.6. The van der Waals surface area contributed by atoms with Crippen LogP contribution in [0.4, 0.5) is 0 Å². The number of benzene rings is 1. The highest BCUT2D eigenvalue weighted by Crippen LogP contribution is 2.18. The molecule has 0 bridgehead atoms. The largest absolute Gasteiger partial charge is 0.422 e. The zero-order valence-electron chi connectivity index (χ0n) is 15.8. The Balaban J connectivity index is 1.55. The second kappa shape index (κ2) is 7.45. The smallest absolute Gasteiger partial charge is 0.349 e. The summed E-state index contributed by atoms with van der Waals surface area (Å²) >= 11 is 0. The van der Waals surface area contributed by atoms with Gasteiger partial charge in [0.05, 0.1) is 6.33 Å². The van der Waals surface area contributed by atoms with Crippen LogP contribution in [0.2, 0.25) is 0 Å². The summed E-state index contributed by atoms with van der Waals surface area (Å²) in [5.41, 5.74) is -0.335. The first kappa shape index (κ1) is 19.3. The highest BCUT2D eigenvalue weighted by atomic mass is 32.2. The number of carbonyl (C=O) groups is 1. The first-order valence-corrected chi connectivity index (χ1v) is 10.6. The first-order valence-electron chi connectivity index (χ1n) is 9.16. The first-order chi connectivity index (χ1) is 13.9. The summed E-state index contributed by atoms with van der Waals surface area (Å²) in [6.45, 7) is 0.926. The molecule has 1 aliphatic rings. The van der Waals surface area contributed by atoms with Crippen molar-refractivity contribution in [2.24, 2.45) is 7.05 Å². The molecule has 1 aliphatic heterocycles. The second-order valence-corrected chi connectivity index (χ2v) is 8.80. The molecule has 0 spiro atoms. The Morgan fingerprint density at radius 1 is 1.14 bits per heavy atom. The fourth-order valence-electron chi connectivity index (χ4n) is 3.37. The SMILES string of the molecule is Cn1cnc(S(=O)(=O)N2CCCN(C(=O)c3cc4ccccc4oc3=O)CC2)c1. The van der Waals surface area contributed by atoms with Crippen molar-refractivity contribution in [1.29, 1.82) is 0 Å². The third-order valence-electron chi connectivity index (χ3n) is 4.90. The number of carbonyl (C=O) groups excluding carboxylic acids is 1. The van der Waals surface area contributed by atoms with Gasteiger partial charge in [-0.2, -0.15) is 4.31 Å². The lowest BCUT2D eigenvalue weighted by Crippen LogP contribution is -2.38. The van der Waals surface area contributed by atoms with Crippen LogP contribution >= 0.6 is 0 Å². The van der Waals surface area contributed by atoms with Gasteiger partial charge in [-0.3, -0.25) is 4.79 Å². The van der Waals surface area contributed by atoms with Crippen LogP contribution in [0.5, 0.6) is 0 Å². The van der Waals surface area contributed by atoms with E-state index in [2.05, 4.69) is 4.98 Å². The van der Waals surface area contributed by atoms with E-state index in [1.54, 1.807) is 35.9 Å². The van der Waals surface area contributed by atoms with Crippen LogP contribution in [0, 0.1) is 0 Å². The van der Waals surface area contributed by atoms with Crippen molar-refractivity contribution in [3.8, 4) is 0 Å². The molecular weight excluding hydrogens is 396 g/mol. The van der Waals surface area contributed by atoms with Gasteiger partial charge in [0.1, 0.15) is 11.1 Å². The van der Waals surface area contributed by atoms with Crippen LogP contribution in [0.3, 0.4) is 0 Å². The number of hydrogen-bond acceptors (Lipinski definition) is 6. The van der Waals surface area contributed by atoms with Gasteiger partial charge in [-0.15, -0.1) is 0 Å². The Bertz CT molecular complexity index is 1230. The van der Waals surface area contributed by atoms with E-state index >= 15 is 0 Å². The van der Waals surface area contributed by atoms with Crippen LogP contribution in [0.15, 0.2) is 57.1 Å². The van der Waals surface area contributed by atoms with Gasteiger partial charge in [-0.1, -0.05) is 18.2 Å². The quantitative estimate of drug-likeness (QED) is 0.591. The van der Waals surface area contributed by atoms with E-state index in [0.29, 0.717) is 23.9 Å². The van der Waals surface area contributed by atoms with Crippen LogP contribution in [-0.2, 0) is 17.1 Å². The van der Waals surface area contributed by atoms with E-state index in [0.717, 1.165) is 0 Å². The number of sulfonamides is 1. The molecule has 0 saturated carbocycles. The molecule has 3 aromatic rings. The van der Waals surface area contributed by atoms with Gasteiger partial charge in [0, 0.05) is 44.8 Å². The van der Waals surface area contributed by atoms with Crippen LogP contribution in [0.1, 0.15) is 16.8 Å². The molecule has 0 unspecified atom stereocenters. The molecule has 1 saturated heterocycles. The lowest BCUT2D eigenvalue weighted by molar-refractivity contribution is 0.0760. The normalized spacial score (nSPS) is 16.1. The summed E-state index contributed by atoms with van der Waals surface area (Å²) < 4.78 is 33.7. The van der Waals surface area contributed by atoms with Gasteiger partial charge in [-0.05, 0) is 18.6 Å². The molecule has 152 valence electrons. The lowest BCUT2D eigenvalue weighted by Gasteiger charge is -2.21. The number of aryl methyl sites for hydroxylation is 1. The molecule has 1 amide bonds. The molecule has 10 heteroatoms. The number of amides is 1. The van der Waals surface area contributed by atoms with E-state index in [-0.39, 0.29) is 30.2 Å². The van der Waals surface area contributed by atoms with Crippen molar-refractivity contribution in [3.05, 3.63) is 58.8 Å². The number of nitrogens with zero attached hydrogens (tertiary/aromatic N) is 4. The minimum absolute atomic E-state index is 0.0186. The van der Waals surface area contributed by atoms with Crippen LogP contribution < -0.4 is 5.63 Å². The number of para-hydroxylation sites is 1. The predicted molar refractivity (Wildman–Crippen MR) is 105 cm³/mol. The molecule has 1 aromatic carbocycles. The van der Waals surface area contributed by atoms with E-state index < -0.39 is 21.6 Å². The molecule has 0 radical (unpaired) electrons. The third-order valence-corrected chi connectivity index (χ3v) is 6.68. The molecule has 0 atom stereocenters. The van der Waals surface area contributed by atoms with Gasteiger partial charge in [0.25, 0.3) is 15.9 Å². The molecular formula is C19H20N4O5S. The van der Waals surface area contributed by atoms with E-state index in [4.69, 9.17) is 4.42 Å². The Morgan fingerprint density at radius 2 is 1.93 bits per heavy atom. The van der Waals surface area contributed by atoms with Crippen molar-refractivity contribution >= 4 is 26.9 Å². The zero-order valence-corrected chi connectivity index (χ0v) is 16.6. The number of aromatic nitrogens is 2. The van der Waals surface area contributed by atoms with Gasteiger partial charge in [0.2, 0.25) is 0 Å². The number of rotatable bonds is 3. The third kappa shape index (κ3) is 3.68. The highest BCUT2D eigenvalue weighted by Gasteiger charge is 2.30. The van der Waals surface area contributed by atoms with Crippen molar-refractivity contribution in [2.45, 2.75) is 11.4 Å². The van der Waals surface area contributed by atoms with E-state index in [1.807, 2.05) is 0 Å².